The molecular weight excluding hydrogens is 422 g/mol. The summed E-state index contributed by atoms with van der Waals surface area (Å²) in [6, 6.07) is 16.6. The second kappa shape index (κ2) is 10.1. The molecule has 0 bridgehead atoms. The van der Waals surface area contributed by atoms with Gasteiger partial charge in [-0.1, -0.05) is 43.3 Å². The fourth-order valence-corrected chi connectivity index (χ4v) is 5.36. The van der Waals surface area contributed by atoms with Gasteiger partial charge in [0.25, 0.3) is 5.91 Å². The van der Waals surface area contributed by atoms with Crippen molar-refractivity contribution < 1.29 is 13.2 Å². The number of piperidine rings is 1. The molecule has 4 rings (SSSR count). The Bertz CT molecular complexity index is 1010. The van der Waals surface area contributed by atoms with Gasteiger partial charge in [0.1, 0.15) is 0 Å². The molecule has 1 saturated heterocycles. The standard InChI is InChI=1S/C25H33N3O3S/c1-19-12-14-28(15-13-19)24(21-6-3-2-4-7-21)18-26-25(29)22-8-5-9-23(16-22)32(30,31)27-17-20-10-11-20/h2-9,16,19-20,24,27H,10-15,17-18H2,1H3,(H,26,29). The van der Waals surface area contributed by atoms with E-state index in [-0.39, 0.29) is 16.8 Å². The van der Waals surface area contributed by atoms with Gasteiger partial charge < -0.3 is 5.32 Å². The Labute approximate surface area is 191 Å². The fourth-order valence-electron chi connectivity index (χ4n) is 4.20. The van der Waals surface area contributed by atoms with Gasteiger partial charge in [-0.2, -0.15) is 0 Å². The summed E-state index contributed by atoms with van der Waals surface area (Å²) in [5.41, 5.74) is 1.54. The average Bonchev–Trinajstić information content (AvgIpc) is 3.64. The van der Waals surface area contributed by atoms with Gasteiger partial charge in [0.15, 0.2) is 0 Å². The van der Waals surface area contributed by atoms with Gasteiger partial charge in [-0.25, -0.2) is 13.1 Å². The summed E-state index contributed by atoms with van der Waals surface area (Å²) >= 11 is 0. The van der Waals surface area contributed by atoms with Crippen LogP contribution in [0.25, 0.3) is 0 Å². The molecule has 2 aromatic rings. The summed E-state index contributed by atoms with van der Waals surface area (Å²) in [7, 11) is -3.61. The zero-order chi connectivity index (χ0) is 22.6. The third-order valence-electron chi connectivity index (χ3n) is 6.56. The van der Waals surface area contributed by atoms with Crippen molar-refractivity contribution in [3.8, 4) is 0 Å². The highest BCUT2D eigenvalue weighted by Gasteiger charge is 2.26. The predicted molar refractivity (Wildman–Crippen MR) is 126 cm³/mol. The molecule has 1 saturated carbocycles. The summed E-state index contributed by atoms with van der Waals surface area (Å²) in [5.74, 6) is 0.926. The zero-order valence-corrected chi connectivity index (χ0v) is 19.5. The Morgan fingerprint density at radius 3 is 2.44 bits per heavy atom. The molecule has 2 N–H and O–H groups in total. The molecule has 172 valence electrons. The van der Waals surface area contributed by atoms with E-state index in [9.17, 15) is 13.2 Å². The summed E-state index contributed by atoms with van der Waals surface area (Å²) in [6.07, 6.45) is 4.46. The third-order valence-corrected chi connectivity index (χ3v) is 7.99. The van der Waals surface area contributed by atoms with Crippen LogP contribution in [0.4, 0.5) is 0 Å². The first-order valence-corrected chi connectivity index (χ1v) is 13.1. The van der Waals surface area contributed by atoms with E-state index in [4.69, 9.17) is 0 Å². The van der Waals surface area contributed by atoms with E-state index < -0.39 is 10.0 Å². The highest BCUT2D eigenvalue weighted by molar-refractivity contribution is 7.89. The molecular formula is C25H33N3O3S. The Morgan fingerprint density at radius 1 is 1.03 bits per heavy atom. The summed E-state index contributed by atoms with van der Waals surface area (Å²) in [6.45, 7) is 5.26. The maximum absolute atomic E-state index is 12.9. The molecule has 1 aliphatic carbocycles. The van der Waals surface area contributed by atoms with Gasteiger partial charge in [0, 0.05) is 18.7 Å². The lowest BCUT2D eigenvalue weighted by molar-refractivity contribution is 0.0913. The number of nitrogens with one attached hydrogen (secondary N) is 2. The Kier molecular flexibility index (Phi) is 7.28. The molecule has 1 heterocycles. The van der Waals surface area contributed by atoms with Crippen molar-refractivity contribution in [2.75, 3.05) is 26.2 Å². The maximum Gasteiger partial charge on any atom is 0.251 e. The van der Waals surface area contributed by atoms with E-state index >= 15 is 0 Å². The zero-order valence-electron chi connectivity index (χ0n) is 18.7. The lowest BCUT2D eigenvalue weighted by Crippen LogP contribution is -2.42. The van der Waals surface area contributed by atoms with E-state index in [2.05, 4.69) is 34.0 Å². The highest BCUT2D eigenvalue weighted by Crippen LogP contribution is 2.28. The number of nitrogens with zero attached hydrogens (tertiary/aromatic N) is 1. The molecule has 0 aromatic heterocycles. The molecule has 6 nitrogen and oxygen atoms in total. The maximum atomic E-state index is 12.9. The second-order valence-corrected chi connectivity index (χ2v) is 10.9. The SMILES string of the molecule is CC1CCN(C(CNC(=O)c2cccc(S(=O)(=O)NCC3CC3)c2)c2ccccc2)CC1. The lowest BCUT2D eigenvalue weighted by atomic mass is 9.95. The van der Waals surface area contributed by atoms with Crippen LogP contribution in [0.5, 0.6) is 0 Å². The molecule has 7 heteroatoms. The van der Waals surface area contributed by atoms with Crippen molar-refractivity contribution in [1.29, 1.82) is 0 Å². The van der Waals surface area contributed by atoms with Crippen LogP contribution < -0.4 is 10.0 Å². The Morgan fingerprint density at radius 2 is 1.75 bits per heavy atom. The van der Waals surface area contributed by atoms with Crippen LogP contribution >= 0.6 is 0 Å². The van der Waals surface area contributed by atoms with E-state index in [0.717, 1.165) is 44.7 Å². The van der Waals surface area contributed by atoms with Crippen LogP contribution in [0, 0.1) is 11.8 Å². The third kappa shape index (κ3) is 5.97. The van der Waals surface area contributed by atoms with Crippen LogP contribution in [0.1, 0.15) is 54.6 Å². The highest BCUT2D eigenvalue weighted by atomic mass is 32.2. The fraction of sp³-hybridized carbons (Fsp3) is 0.480. The summed E-state index contributed by atoms with van der Waals surface area (Å²) < 4.78 is 27.8. The minimum absolute atomic E-state index is 0.0970. The number of likely N-dealkylation sites (tertiary alicyclic amines) is 1. The van der Waals surface area contributed by atoms with Crippen LogP contribution in [0.2, 0.25) is 0 Å². The van der Waals surface area contributed by atoms with E-state index in [1.165, 1.54) is 17.7 Å². The predicted octanol–water partition coefficient (Wildman–Crippen LogP) is 3.58. The van der Waals surface area contributed by atoms with Crippen molar-refractivity contribution in [2.24, 2.45) is 11.8 Å². The summed E-state index contributed by atoms with van der Waals surface area (Å²) in [4.78, 5) is 15.5. The first-order valence-electron chi connectivity index (χ1n) is 11.6. The molecule has 1 amide bonds. The number of amides is 1. The number of carbonyl (C=O) groups excluding carboxylic acids is 1. The number of rotatable bonds is 9. The van der Waals surface area contributed by atoms with Crippen molar-refractivity contribution in [3.63, 3.8) is 0 Å². The molecule has 1 unspecified atom stereocenters. The Hall–Kier alpha value is -2.22. The van der Waals surface area contributed by atoms with Crippen molar-refractivity contribution in [2.45, 2.75) is 43.5 Å². The molecule has 0 radical (unpaired) electrons. The lowest BCUT2D eigenvalue weighted by Gasteiger charge is -2.37. The van der Waals surface area contributed by atoms with E-state index in [1.54, 1.807) is 12.1 Å². The van der Waals surface area contributed by atoms with Gasteiger partial charge in [0.2, 0.25) is 10.0 Å². The number of carbonyl (C=O) groups is 1. The van der Waals surface area contributed by atoms with Crippen LogP contribution in [0.15, 0.2) is 59.5 Å². The minimum atomic E-state index is -3.61. The molecule has 2 aromatic carbocycles. The molecule has 1 atom stereocenters. The molecule has 2 aliphatic rings. The molecule has 0 spiro atoms. The van der Waals surface area contributed by atoms with Crippen molar-refractivity contribution >= 4 is 15.9 Å². The summed E-state index contributed by atoms with van der Waals surface area (Å²) in [5, 5.41) is 3.05. The largest absolute Gasteiger partial charge is 0.350 e. The smallest absolute Gasteiger partial charge is 0.251 e. The van der Waals surface area contributed by atoms with Gasteiger partial charge in [-0.15, -0.1) is 0 Å². The van der Waals surface area contributed by atoms with Crippen LogP contribution in [-0.4, -0.2) is 45.4 Å². The van der Waals surface area contributed by atoms with Gasteiger partial charge >= 0.3 is 0 Å². The minimum Gasteiger partial charge on any atom is -0.350 e. The van der Waals surface area contributed by atoms with Gasteiger partial charge in [-0.3, -0.25) is 9.69 Å². The van der Waals surface area contributed by atoms with Gasteiger partial charge in [-0.05, 0) is 74.4 Å². The van der Waals surface area contributed by atoms with E-state index in [0.29, 0.717) is 24.6 Å². The number of hydrogen-bond acceptors (Lipinski definition) is 4. The monoisotopic (exact) mass is 455 g/mol. The van der Waals surface area contributed by atoms with Crippen molar-refractivity contribution in [1.82, 2.24) is 14.9 Å². The topological polar surface area (TPSA) is 78.5 Å². The molecule has 2 fully saturated rings. The van der Waals surface area contributed by atoms with Crippen LogP contribution in [-0.2, 0) is 10.0 Å². The normalized spacial score (nSPS) is 18.9. The van der Waals surface area contributed by atoms with Crippen molar-refractivity contribution in [3.05, 3.63) is 65.7 Å². The number of benzene rings is 2. The Balaban J connectivity index is 1.43. The van der Waals surface area contributed by atoms with Gasteiger partial charge in [0.05, 0.1) is 10.9 Å². The molecule has 1 aliphatic heterocycles. The molecule has 32 heavy (non-hydrogen) atoms. The van der Waals surface area contributed by atoms with Crippen LogP contribution in [0.3, 0.4) is 0 Å². The first kappa shape index (κ1) is 23.0. The first-order chi connectivity index (χ1) is 15.4. The quantitative estimate of drug-likeness (QED) is 0.606. The second-order valence-electron chi connectivity index (χ2n) is 9.18. The van der Waals surface area contributed by atoms with E-state index in [1.807, 2.05) is 18.2 Å². The number of sulfonamides is 1. The number of hydrogen-bond donors (Lipinski definition) is 2. The average molecular weight is 456 g/mol.